The Hall–Kier alpha value is -1.55. The fourth-order valence-corrected chi connectivity index (χ4v) is 3.14. The molecule has 1 spiro atoms. The maximum Gasteiger partial charge on any atom is 0.338 e. The molecule has 1 N–H and O–H groups in total. The number of rotatable bonds is 2. The van der Waals surface area contributed by atoms with Gasteiger partial charge in [-0.2, -0.15) is 0 Å². The summed E-state index contributed by atoms with van der Waals surface area (Å²) in [5, 5.41) is 3.46. The lowest BCUT2D eigenvalue weighted by Gasteiger charge is -2.30. The van der Waals surface area contributed by atoms with E-state index in [1.54, 1.807) is 0 Å². The van der Waals surface area contributed by atoms with Gasteiger partial charge in [-0.25, -0.2) is 4.79 Å². The molecule has 1 saturated heterocycles. The van der Waals surface area contributed by atoms with E-state index < -0.39 is 0 Å². The molecule has 4 heteroatoms. The van der Waals surface area contributed by atoms with Crippen molar-refractivity contribution in [3.05, 3.63) is 29.3 Å². The lowest BCUT2D eigenvalue weighted by atomic mass is 9.94. The smallest absolute Gasteiger partial charge is 0.338 e. The van der Waals surface area contributed by atoms with Crippen molar-refractivity contribution < 1.29 is 14.3 Å². The van der Waals surface area contributed by atoms with Gasteiger partial charge in [0.05, 0.1) is 5.56 Å². The summed E-state index contributed by atoms with van der Waals surface area (Å²) in [4.78, 5) is 11.4. The van der Waals surface area contributed by atoms with Gasteiger partial charge in [-0.15, -0.1) is 0 Å². The zero-order valence-corrected chi connectivity index (χ0v) is 10.8. The van der Waals surface area contributed by atoms with Crippen molar-refractivity contribution in [2.75, 3.05) is 13.1 Å². The number of carbonyl (C=O) groups is 1. The zero-order valence-electron chi connectivity index (χ0n) is 10.8. The fraction of sp³-hybridized carbons (Fsp3) is 0.533. The maximum atomic E-state index is 11.4. The molecule has 0 aromatic heterocycles. The van der Waals surface area contributed by atoms with Gasteiger partial charge in [-0.1, -0.05) is 0 Å². The highest BCUT2D eigenvalue weighted by molar-refractivity contribution is 5.93. The van der Waals surface area contributed by atoms with Gasteiger partial charge in [0.15, 0.2) is 0 Å². The molecular weight excluding hydrogens is 242 g/mol. The van der Waals surface area contributed by atoms with E-state index in [0.29, 0.717) is 17.6 Å². The first-order valence-electron chi connectivity index (χ1n) is 6.92. The van der Waals surface area contributed by atoms with Gasteiger partial charge in [0, 0.05) is 18.7 Å². The minimum absolute atomic E-state index is 0.224. The van der Waals surface area contributed by atoms with Crippen molar-refractivity contribution in [2.24, 2.45) is 5.41 Å². The molecule has 1 saturated carbocycles. The molecule has 1 aromatic carbocycles. The van der Waals surface area contributed by atoms with Crippen LogP contribution in [0.15, 0.2) is 18.2 Å². The van der Waals surface area contributed by atoms with E-state index in [1.165, 1.54) is 12.8 Å². The number of benzene rings is 1. The van der Waals surface area contributed by atoms with Gasteiger partial charge in [0.25, 0.3) is 0 Å². The van der Waals surface area contributed by atoms with Gasteiger partial charge in [-0.05, 0) is 42.9 Å². The van der Waals surface area contributed by atoms with Crippen LogP contribution in [-0.4, -0.2) is 25.2 Å². The van der Waals surface area contributed by atoms with Gasteiger partial charge in [-0.3, -0.25) is 0 Å². The van der Waals surface area contributed by atoms with Crippen LogP contribution in [0.4, 0.5) is 0 Å². The molecule has 1 aliphatic carbocycles. The number of esters is 1. The first kappa shape index (κ1) is 11.3. The molecule has 4 nitrogen and oxygen atoms in total. The quantitative estimate of drug-likeness (QED) is 0.824. The molecule has 1 atom stereocenters. The SMILES string of the molecule is O=C1OCc2cc(O[C@@H]3CNCC4(CC4)C3)ccc21. The summed E-state index contributed by atoms with van der Waals surface area (Å²) in [5.74, 6) is 0.624. The number of piperidine rings is 1. The van der Waals surface area contributed by atoms with Gasteiger partial charge < -0.3 is 14.8 Å². The van der Waals surface area contributed by atoms with E-state index in [-0.39, 0.29) is 12.1 Å². The van der Waals surface area contributed by atoms with Crippen molar-refractivity contribution in [3.63, 3.8) is 0 Å². The largest absolute Gasteiger partial charge is 0.489 e. The predicted molar refractivity (Wildman–Crippen MR) is 69.1 cm³/mol. The van der Waals surface area contributed by atoms with Crippen molar-refractivity contribution in [2.45, 2.75) is 32.0 Å². The molecule has 2 heterocycles. The number of hydrogen-bond donors (Lipinski definition) is 1. The first-order valence-corrected chi connectivity index (χ1v) is 6.92. The van der Waals surface area contributed by atoms with Crippen molar-refractivity contribution in [3.8, 4) is 5.75 Å². The van der Waals surface area contributed by atoms with E-state index in [9.17, 15) is 4.79 Å². The first-order chi connectivity index (χ1) is 9.24. The molecule has 0 unspecified atom stereocenters. The third-order valence-electron chi connectivity index (χ3n) is 4.45. The third kappa shape index (κ3) is 2.00. The molecular formula is C15H17NO3. The number of fused-ring (bicyclic) bond motifs is 1. The Kier molecular flexibility index (Phi) is 2.36. The number of ether oxygens (including phenoxy) is 2. The van der Waals surface area contributed by atoms with Crippen molar-refractivity contribution in [1.82, 2.24) is 5.32 Å². The van der Waals surface area contributed by atoms with Gasteiger partial charge >= 0.3 is 5.97 Å². The van der Waals surface area contributed by atoms with E-state index in [4.69, 9.17) is 9.47 Å². The Morgan fingerprint density at radius 3 is 3.11 bits per heavy atom. The highest BCUT2D eigenvalue weighted by Gasteiger charge is 2.46. The second-order valence-electron chi connectivity index (χ2n) is 5.97. The second-order valence-corrected chi connectivity index (χ2v) is 5.97. The van der Waals surface area contributed by atoms with Crippen molar-refractivity contribution in [1.29, 1.82) is 0 Å². The molecule has 2 fully saturated rings. The summed E-state index contributed by atoms with van der Waals surface area (Å²) >= 11 is 0. The number of nitrogens with one attached hydrogen (secondary N) is 1. The number of cyclic esters (lactones) is 1. The number of hydrogen-bond acceptors (Lipinski definition) is 4. The summed E-state index contributed by atoms with van der Waals surface area (Å²) in [7, 11) is 0. The minimum Gasteiger partial charge on any atom is -0.489 e. The fourth-order valence-electron chi connectivity index (χ4n) is 3.14. The van der Waals surface area contributed by atoms with E-state index in [0.717, 1.165) is 30.8 Å². The molecule has 100 valence electrons. The van der Waals surface area contributed by atoms with Crippen LogP contribution in [0.3, 0.4) is 0 Å². The summed E-state index contributed by atoms with van der Waals surface area (Å²) in [6.45, 7) is 2.42. The summed E-state index contributed by atoms with van der Waals surface area (Å²) < 4.78 is 11.1. The van der Waals surface area contributed by atoms with Crippen LogP contribution in [0.2, 0.25) is 0 Å². The third-order valence-corrected chi connectivity index (χ3v) is 4.45. The predicted octanol–water partition coefficient (Wildman–Crippen LogP) is 1.88. The minimum atomic E-state index is -0.224. The Labute approximate surface area is 112 Å². The Bertz CT molecular complexity index is 536. The van der Waals surface area contributed by atoms with Crippen LogP contribution in [0.5, 0.6) is 5.75 Å². The Balaban J connectivity index is 1.49. The molecule has 0 bridgehead atoms. The van der Waals surface area contributed by atoms with Crippen LogP contribution < -0.4 is 10.1 Å². The molecule has 3 aliphatic rings. The standard InChI is InChI=1S/C15H17NO3/c17-14-13-2-1-11(5-10(13)8-18-14)19-12-6-15(3-4-15)9-16-7-12/h1-2,5,12,16H,3-4,6-9H2/t12-/m0/s1. The van der Waals surface area contributed by atoms with Gasteiger partial charge in [0.1, 0.15) is 18.5 Å². The zero-order chi connectivity index (χ0) is 12.9. The second kappa shape index (κ2) is 3.97. The van der Waals surface area contributed by atoms with Gasteiger partial charge in [0.2, 0.25) is 0 Å². The Morgan fingerprint density at radius 2 is 2.26 bits per heavy atom. The molecule has 1 aromatic rings. The molecule has 19 heavy (non-hydrogen) atoms. The van der Waals surface area contributed by atoms with E-state index in [2.05, 4.69) is 5.32 Å². The molecule has 0 amide bonds. The monoisotopic (exact) mass is 259 g/mol. The lowest BCUT2D eigenvalue weighted by Crippen LogP contribution is -2.43. The van der Waals surface area contributed by atoms with Crippen LogP contribution in [0, 0.1) is 5.41 Å². The molecule has 0 radical (unpaired) electrons. The van der Waals surface area contributed by atoms with E-state index >= 15 is 0 Å². The highest BCUT2D eigenvalue weighted by atomic mass is 16.5. The van der Waals surface area contributed by atoms with Crippen molar-refractivity contribution >= 4 is 5.97 Å². The lowest BCUT2D eigenvalue weighted by molar-refractivity contribution is 0.0535. The normalized spacial score (nSPS) is 26.9. The van der Waals surface area contributed by atoms with Crippen LogP contribution in [0.25, 0.3) is 0 Å². The van der Waals surface area contributed by atoms with Crippen LogP contribution >= 0.6 is 0 Å². The van der Waals surface area contributed by atoms with E-state index in [1.807, 2.05) is 18.2 Å². The maximum absolute atomic E-state index is 11.4. The topological polar surface area (TPSA) is 47.6 Å². The summed E-state index contributed by atoms with van der Waals surface area (Å²) in [6, 6.07) is 5.62. The summed E-state index contributed by atoms with van der Waals surface area (Å²) in [6.07, 6.45) is 4.04. The molecule has 4 rings (SSSR count). The number of carbonyl (C=O) groups excluding carboxylic acids is 1. The average molecular weight is 259 g/mol. The van der Waals surface area contributed by atoms with Crippen LogP contribution in [0.1, 0.15) is 35.2 Å². The highest BCUT2D eigenvalue weighted by Crippen LogP contribution is 2.50. The average Bonchev–Trinajstić information content (AvgIpc) is 3.04. The molecule has 2 aliphatic heterocycles. The Morgan fingerprint density at radius 1 is 1.37 bits per heavy atom. The summed E-state index contributed by atoms with van der Waals surface area (Å²) in [5.41, 5.74) is 2.12. The van der Waals surface area contributed by atoms with Crippen LogP contribution in [-0.2, 0) is 11.3 Å².